The van der Waals surface area contributed by atoms with Gasteiger partial charge in [0.1, 0.15) is 4.88 Å². The molecule has 0 unspecified atom stereocenters. The van der Waals surface area contributed by atoms with Crippen LogP contribution in [-0.2, 0) is 12.8 Å². The molecule has 0 fully saturated rings. The number of aryl methyl sites for hydroxylation is 1. The third-order valence-corrected chi connectivity index (χ3v) is 4.59. The predicted molar refractivity (Wildman–Crippen MR) is 69.4 cm³/mol. The van der Waals surface area contributed by atoms with E-state index in [-0.39, 0.29) is 5.69 Å². The average Bonchev–Trinajstić information content (AvgIpc) is 2.83. The van der Waals surface area contributed by atoms with Crippen molar-refractivity contribution in [1.29, 1.82) is 0 Å². The van der Waals surface area contributed by atoms with E-state index in [4.69, 9.17) is 5.11 Å². The predicted octanol–water partition coefficient (Wildman–Crippen LogP) is 1.47. The van der Waals surface area contributed by atoms with Crippen LogP contribution in [0.2, 0.25) is 0 Å². The molecule has 0 aliphatic carbocycles. The number of carboxylic acid groups (broad SMARTS) is 1. The summed E-state index contributed by atoms with van der Waals surface area (Å²) in [5, 5.41) is 15.7. The number of aromatic nitrogens is 3. The van der Waals surface area contributed by atoms with E-state index in [1.165, 1.54) is 27.7 Å². The van der Waals surface area contributed by atoms with E-state index in [9.17, 15) is 9.59 Å². The van der Waals surface area contributed by atoms with Crippen LogP contribution in [0, 0.1) is 6.92 Å². The fraction of sp³-hybridized carbons (Fsp3) is 0.300. The number of nitrogens with zero attached hydrogens (tertiary/aromatic N) is 2. The highest BCUT2D eigenvalue weighted by atomic mass is 32.2. The Balaban J connectivity index is 2.13. The molecule has 2 aromatic rings. The van der Waals surface area contributed by atoms with Gasteiger partial charge in [-0.2, -0.15) is 0 Å². The minimum Gasteiger partial charge on any atom is -0.477 e. The third-order valence-electron chi connectivity index (χ3n) is 2.43. The quantitative estimate of drug-likeness (QED) is 0.830. The molecule has 0 atom stereocenters. The number of thioether (sulfide) groups is 1. The Morgan fingerprint density at radius 3 is 2.89 bits per heavy atom. The van der Waals surface area contributed by atoms with Crippen LogP contribution >= 0.6 is 23.1 Å². The lowest BCUT2D eigenvalue weighted by Crippen LogP contribution is -2.12. The lowest BCUT2D eigenvalue weighted by Gasteiger charge is -1.99. The van der Waals surface area contributed by atoms with Crippen molar-refractivity contribution in [3.63, 3.8) is 0 Å². The van der Waals surface area contributed by atoms with E-state index in [1.807, 2.05) is 6.92 Å². The maximum atomic E-state index is 11.2. The van der Waals surface area contributed by atoms with E-state index in [0.29, 0.717) is 15.8 Å². The zero-order valence-electron chi connectivity index (χ0n) is 9.76. The SMILES string of the molecule is Cc1sc(C(=O)O)cc1CSc1n[nH]c(=O)n1C. The third kappa shape index (κ3) is 2.49. The molecule has 2 heterocycles. The van der Waals surface area contributed by atoms with Crippen LogP contribution in [0.25, 0.3) is 0 Å². The van der Waals surface area contributed by atoms with Crippen molar-refractivity contribution in [1.82, 2.24) is 14.8 Å². The van der Waals surface area contributed by atoms with Gasteiger partial charge < -0.3 is 5.11 Å². The largest absolute Gasteiger partial charge is 0.477 e. The Morgan fingerprint density at radius 1 is 1.67 bits per heavy atom. The first kappa shape index (κ1) is 12.9. The van der Waals surface area contributed by atoms with Crippen molar-refractivity contribution in [2.45, 2.75) is 17.8 Å². The summed E-state index contributed by atoms with van der Waals surface area (Å²) >= 11 is 2.65. The number of H-pyrrole nitrogens is 1. The van der Waals surface area contributed by atoms with Gasteiger partial charge in [-0.25, -0.2) is 14.7 Å². The topological polar surface area (TPSA) is 88.0 Å². The summed E-state index contributed by atoms with van der Waals surface area (Å²) in [5.41, 5.74) is 0.698. The van der Waals surface area contributed by atoms with Crippen LogP contribution in [0.4, 0.5) is 0 Å². The van der Waals surface area contributed by atoms with E-state index < -0.39 is 5.97 Å². The Morgan fingerprint density at radius 2 is 2.39 bits per heavy atom. The molecule has 0 bridgehead atoms. The summed E-state index contributed by atoms with van der Waals surface area (Å²) < 4.78 is 1.42. The molecule has 0 amide bonds. The molecule has 0 saturated carbocycles. The number of aromatic amines is 1. The molecule has 0 spiro atoms. The molecule has 0 saturated heterocycles. The molecule has 96 valence electrons. The maximum absolute atomic E-state index is 11.2. The minimum atomic E-state index is -0.911. The van der Waals surface area contributed by atoms with Crippen LogP contribution in [0.3, 0.4) is 0 Å². The first-order chi connectivity index (χ1) is 8.49. The Hall–Kier alpha value is -1.54. The number of carbonyl (C=O) groups is 1. The van der Waals surface area contributed by atoms with E-state index in [1.54, 1.807) is 13.1 Å². The van der Waals surface area contributed by atoms with Gasteiger partial charge in [-0.15, -0.1) is 16.4 Å². The summed E-state index contributed by atoms with van der Waals surface area (Å²) in [6.07, 6.45) is 0. The van der Waals surface area contributed by atoms with Crippen molar-refractivity contribution in [2.24, 2.45) is 7.05 Å². The van der Waals surface area contributed by atoms with E-state index in [0.717, 1.165) is 10.4 Å². The van der Waals surface area contributed by atoms with Crippen LogP contribution in [0.15, 0.2) is 16.0 Å². The highest BCUT2D eigenvalue weighted by Gasteiger charge is 2.12. The zero-order valence-corrected chi connectivity index (χ0v) is 11.4. The number of hydrogen-bond acceptors (Lipinski definition) is 5. The van der Waals surface area contributed by atoms with Crippen molar-refractivity contribution >= 4 is 29.1 Å². The fourth-order valence-electron chi connectivity index (χ4n) is 1.37. The Labute approximate surface area is 111 Å². The first-order valence-corrected chi connectivity index (χ1v) is 6.86. The van der Waals surface area contributed by atoms with Crippen molar-refractivity contribution in [3.05, 3.63) is 31.9 Å². The number of rotatable bonds is 4. The summed E-state index contributed by atoms with van der Waals surface area (Å²) in [6.45, 7) is 1.89. The molecular formula is C10H11N3O3S2. The Bertz CT molecular complexity index is 641. The van der Waals surface area contributed by atoms with Crippen molar-refractivity contribution in [3.8, 4) is 0 Å². The smallest absolute Gasteiger partial charge is 0.345 e. The highest BCUT2D eigenvalue weighted by Crippen LogP contribution is 2.27. The summed E-state index contributed by atoms with van der Waals surface area (Å²) in [5.74, 6) is -0.320. The van der Waals surface area contributed by atoms with Gasteiger partial charge in [0.25, 0.3) is 0 Å². The molecule has 0 aromatic carbocycles. The molecule has 2 N–H and O–H groups in total. The second-order valence-corrected chi connectivity index (χ2v) is 5.86. The fourth-order valence-corrected chi connectivity index (χ4v) is 3.32. The average molecular weight is 285 g/mol. The second-order valence-electron chi connectivity index (χ2n) is 3.66. The number of aromatic carboxylic acids is 1. The van der Waals surface area contributed by atoms with Gasteiger partial charge >= 0.3 is 11.7 Å². The van der Waals surface area contributed by atoms with Gasteiger partial charge in [0.15, 0.2) is 5.16 Å². The molecule has 0 radical (unpaired) electrons. The number of hydrogen-bond donors (Lipinski definition) is 2. The van der Waals surface area contributed by atoms with E-state index in [2.05, 4.69) is 10.2 Å². The van der Waals surface area contributed by atoms with E-state index >= 15 is 0 Å². The molecule has 0 aliphatic rings. The van der Waals surface area contributed by atoms with Crippen LogP contribution in [0.1, 0.15) is 20.1 Å². The first-order valence-electron chi connectivity index (χ1n) is 5.06. The lowest BCUT2D eigenvalue weighted by molar-refractivity contribution is 0.0702. The normalized spacial score (nSPS) is 10.8. The van der Waals surface area contributed by atoms with Gasteiger partial charge in [-0.1, -0.05) is 11.8 Å². The minimum absolute atomic E-state index is 0.259. The summed E-state index contributed by atoms with van der Waals surface area (Å²) in [4.78, 5) is 23.3. The highest BCUT2D eigenvalue weighted by molar-refractivity contribution is 7.98. The van der Waals surface area contributed by atoms with Gasteiger partial charge in [0, 0.05) is 17.7 Å². The van der Waals surface area contributed by atoms with Crippen molar-refractivity contribution < 1.29 is 9.90 Å². The van der Waals surface area contributed by atoms with Crippen molar-refractivity contribution in [2.75, 3.05) is 0 Å². The molecule has 2 rings (SSSR count). The van der Waals surface area contributed by atoms with Crippen LogP contribution < -0.4 is 5.69 Å². The molecular weight excluding hydrogens is 274 g/mol. The molecule has 18 heavy (non-hydrogen) atoms. The second kappa shape index (κ2) is 4.99. The standard InChI is InChI=1S/C10H11N3O3S2/c1-5-6(3-7(18-5)8(14)15)4-17-10-12-11-9(16)13(10)2/h3H,4H2,1-2H3,(H,11,16)(H,14,15). The molecule has 0 aliphatic heterocycles. The Kier molecular flexibility index (Phi) is 3.58. The van der Waals surface area contributed by atoms with Crippen LogP contribution in [0.5, 0.6) is 0 Å². The number of thiophene rings is 1. The maximum Gasteiger partial charge on any atom is 0.345 e. The van der Waals surface area contributed by atoms with Gasteiger partial charge in [0.2, 0.25) is 0 Å². The van der Waals surface area contributed by atoms with Gasteiger partial charge in [-0.05, 0) is 18.6 Å². The monoisotopic (exact) mass is 285 g/mol. The van der Waals surface area contributed by atoms with Crippen LogP contribution in [-0.4, -0.2) is 25.8 Å². The zero-order chi connectivity index (χ0) is 13.3. The summed E-state index contributed by atoms with van der Waals surface area (Å²) in [6, 6.07) is 1.67. The number of carboxylic acids is 1. The summed E-state index contributed by atoms with van der Waals surface area (Å²) in [7, 11) is 1.64. The molecule has 2 aromatic heterocycles. The molecule has 8 heteroatoms. The lowest BCUT2D eigenvalue weighted by atomic mass is 10.3. The number of nitrogens with one attached hydrogen (secondary N) is 1. The molecule has 6 nitrogen and oxygen atoms in total. The van der Waals surface area contributed by atoms with Gasteiger partial charge in [-0.3, -0.25) is 4.57 Å². The van der Waals surface area contributed by atoms with Gasteiger partial charge in [0.05, 0.1) is 0 Å².